The number of rotatable bonds is 8. The van der Waals surface area contributed by atoms with E-state index in [1.54, 1.807) is 24.3 Å². The molecule has 0 radical (unpaired) electrons. The van der Waals surface area contributed by atoms with Crippen molar-refractivity contribution >= 4 is 60.0 Å². The molecule has 0 spiro atoms. The molecule has 0 amide bonds. The highest BCUT2D eigenvalue weighted by atomic mass is 32.2. The standard InChI is InChI=1S/C34H45NO4SSi2/c1-24(38-41(9,10)33(3,4)5)26-18-20-29-30-21-19-27(25(2)39-42(11,12)34(6,7)8)23-32(30)35(31(29)22-26)40(36,37)28-16-14-13-15-17-28/h13-23H,1-2H2,3-12H3. The lowest BCUT2D eigenvalue weighted by atomic mass is 10.1. The Labute approximate surface area is 254 Å². The third kappa shape index (κ3) is 5.76. The van der Waals surface area contributed by atoms with E-state index in [-0.39, 0.29) is 15.0 Å². The molecule has 0 aliphatic rings. The van der Waals surface area contributed by atoms with Crippen molar-refractivity contribution in [1.82, 2.24) is 3.97 Å². The van der Waals surface area contributed by atoms with Gasteiger partial charge in [-0.15, -0.1) is 0 Å². The van der Waals surface area contributed by atoms with Crippen LogP contribution in [-0.4, -0.2) is 29.0 Å². The summed E-state index contributed by atoms with van der Waals surface area (Å²) in [7, 11) is -8.26. The highest BCUT2D eigenvalue weighted by Gasteiger charge is 2.40. The van der Waals surface area contributed by atoms with Crippen molar-refractivity contribution in [2.24, 2.45) is 0 Å². The van der Waals surface area contributed by atoms with Crippen LogP contribution in [0.1, 0.15) is 52.7 Å². The Morgan fingerprint density at radius 1 is 0.667 bits per heavy atom. The second kappa shape index (κ2) is 10.6. The molecule has 8 heteroatoms. The summed E-state index contributed by atoms with van der Waals surface area (Å²) in [5.74, 6) is 1.10. The molecule has 0 aliphatic carbocycles. The minimum atomic E-state index is -3.96. The molecule has 4 aromatic rings. The van der Waals surface area contributed by atoms with Crippen molar-refractivity contribution < 1.29 is 17.3 Å². The van der Waals surface area contributed by atoms with E-state index in [0.717, 1.165) is 21.9 Å². The largest absolute Gasteiger partial charge is 0.543 e. The average Bonchev–Trinajstić information content (AvgIpc) is 3.21. The van der Waals surface area contributed by atoms with Crippen LogP contribution < -0.4 is 0 Å². The summed E-state index contributed by atoms with van der Waals surface area (Å²) < 4.78 is 43.0. The lowest BCUT2D eigenvalue weighted by Gasteiger charge is -2.37. The SMILES string of the molecule is C=C(O[Si](C)(C)C(C)(C)C)c1ccc2c3ccc(C(=C)O[Si](C)(C)C(C)(C)C)cc3n(S(=O)(=O)c3ccccc3)c2c1. The molecule has 42 heavy (non-hydrogen) atoms. The lowest BCUT2D eigenvalue weighted by Crippen LogP contribution is -2.40. The number of aromatic nitrogens is 1. The van der Waals surface area contributed by atoms with Gasteiger partial charge in [0.1, 0.15) is 11.5 Å². The normalized spacial score (nSPS) is 13.4. The van der Waals surface area contributed by atoms with Crippen molar-refractivity contribution in [2.75, 3.05) is 0 Å². The van der Waals surface area contributed by atoms with Crippen molar-refractivity contribution in [1.29, 1.82) is 0 Å². The van der Waals surface area contributed by atoms with Crippen LogP contribution in [0.15, 0.2) is 84.8 Å². The molecule has 4 rings (SSSR count). The van der Waals surface area contributed by atoms with Gasteiger partial charge in [0, 0.05) is 21.9 Å². The second-order valence-electron chi connectivity index (χ2n) is 14.1. The highest BCUT2D eigenvalue weighted by Crippen LogP contribution is 2.42. The molecule has 0 saturated heterocycles. The summed E-state index contributed by atoms with van der Waals surface area (Å²) in [6.45, 7) is 30.3. The summed E-state index contributed by atoms with van der Waals surface area (Å²) in [4.78, 5) is 0.215. The zero-order valence-corrected chi connectivity index (χ0v) is 29.6. The summed E-state index contributed by atoms with van der Waals surface area (Å²) >= 11 is 0. The number of hydrogen-bond donors (Lipinski definition) is 0. The second-order valence-corrected chi connectivity index (χ2v) is 25.4. The van der Waals surface area contributed by atoms with Crippen LogP contribution in [-0.2, 0) is 18.9 Å². The molecular weight excluding hydrogens is 575 g/mol. The number of fused-ring (bicyclic) bond motifs is 3. The number of benzene rings is 3. The molecule has 5 nitrogen and oxygen atoms in total. The Kier molecular flexibility index (Phi) is 8.02. The Balaban J connectivity index is 1.95. The fourth-order valence-electron chi connectivity index (χ4n) is 4.33. The van der Waals surface area contributed by atoms with E-state index in [4.69, 9.17) is 8.85 Å². The summed E-state index contributed by atoms with van der Waals surface area (Å²) in [5, 5.41) is 1.65. The van der Waals surface area contributed by atoms with Gasteiger partial charge in [-0.3, -0.25) is 0 Å². The van der Waals surface area contributed by atoms with Crippen molar-refractivity contribution in [3.8, 4) is 0 Å². The van der Waals surface area contributed by atoms with E-state index in [1.165, 1.54) is 3.97 Å². The van der Waals surface area contributed by atoms with E-state index >= 15 is 0 Å². The first-order valence-corrected chi connectivity index (χ1v) is 21.6. The first-order chi connectivity index (χ1) is 19.2. The predicted octanol–water partition coefficient (Wildman–Crippen LogP) is 10.0. The zero-order chi connectivity index (χ0) is 31.5. The van der Waals surface area contributed by atoms with Crippen LogP contribution in [0.3, 0.4) is 0 Å². The van der Waals surface area contributed by atoms with Crippen LogP contribution in [0.5, 0.6) is 0 Å². The van der Waals surface area contributed by atoms with E-state index in [1.807, 2.05) is 42.5 Å². The molecular formula is C34H45NO4SSi2. The van der Waals surface area contributed by atoms with Crippen molar-refractivity contribution in [2.45, 2.75) is 82.7 Å². The van der Waals surface area contributed by atoms with E-state index in [0.29, 0.717) is 22.6 Å². The van der Waals surface area contributed by atoms with Gasteiger partial charge in [-0.2, -0.15) is 0 Å². The topological polar surface area (TPSA) is 57.5 Å². The van der Waals surface area contributed by atoms with E-state index in [9.17, 15) is 8.42 Å². The summed E-state index contributed by atoms with van der Waals surface area (Å²) in [6, 6.07) is 20.1. The minimum Gasteiger partial charge on any atom is -0.543 e. The van der Waals surface area contributed by atoms with Gasteiger partial charge in [0.15, 0.2) is 0 Å². The monoisotopic (exact) mass is 619 g/mol. The smallest absolute Gasteiger partial charge is 0.268 e. The quantitative estimate of drug-likeness (QED) is 0.145. The maximum absolute atomic E-state index is 14.3. The molecule has 0 bridgehead atoms. The third-order valence-electron chi connectivity index (χ3n) is 9.02. The molecule has 1 heterocycles. The molecule has 0 fully saturated rings. The molecule has 0 saturated carbocycles. The Hall–Kier alpha value is -3.08. The Morgan fingerprint density at radius 3 is 1.40 bits per heavy atom. The van der Waals surface area contributed by atoms with Gasteiger partial charge in [-0.05, 0) is 60.5 Å². The third-order valence-corrected chi connectivity index (χ3v) is 19.5. The van der Waals surface area contributed by atoms with Crippen LogP contribution in [0.2, 0.25) is 36.3 Å². The molecule has 0 atom stereocenters. The van der Waals surface area contributed by atoms with Gasteiger partial charge >= 0.3 is 0 Å². The number of nitrogens with zero attached hydrogens (tertiary/aromatic N) is 1. The fraction of sp³-hybridized carbons (Fsp3) is 0.353. The van der Waals surface area contributed by atoms with Gasteiger partial charge in [-0.1, -0.05) is 97.2 Å². The van der Waals surface area contributed by atoms with Crippen molar-refractivity contribution in [3.05, 3.63) is 91.0 Å². The maximum atomic E-state index is 14.3. The van der Waals surface area contributed by atoms with Gasteiger partial charge in [0.05, 0.1) is 15.9 Å². The molecule has 3 aromatic carbocycles. The van der Waals surface area contributed by atoms with Crippen LogP contribution >= 0.6 is 0 Å². The fourth-order valence-corrected chi connectivity index (χ4v) is 7.94. The lowest BCUT2D eigenvalue weighted by molar-refractivity contribution is 0.459. The molecule has 0 N–H and O–H groups in total. The van der Waals surface area contributed by atoms with Crippen LogP contribution in [0.4, 0.5) is 0 Å². The first-order valence-electron chi connectivity index (χ1n) is 14.3. The highest BCUT2D eigenvalue weighted by molar-refractivity contribution is 7.90. The van der Waals surface area contributed by atoms with E-state index in [2.05, 4.69) is 80.9 Å². The average molecular weight is 620 g/mol. The zero-order valence-electron chi connectivity index (χ0n) is 26.8. The van der Waals surface area contributed by atoms with Crippen LogP contribution in [0, 0.1) is 0 Å². The number of hydrogen-bond acceptors (Lipinski definition) is 4. The Morgan fingerprint density at radius 2 is 1.05 bits per heavy atom. The Bertz CT molecular complexity index is 1690. The molecule has 224 valence electrons. The molecule has 1 aromatic heterocycles. The van der Waals surface area contributed by atoms with E-state index < -0.39 is 26.7 Å². The van der Waals surface area contributed by atoms with Gasteiger partial charge in [0.25, 0.3) is 10.0 Å². The molecule has 0 aliphatic heterocycles. The van der Waals surface area contributed by atoms with Gasteiger partial charge in [-0.25, -0.2) is 12.4 Å². The van der Waals surface area contributed by atoms with Crippen LogP contribution in [0.25, 0.3) is 33.3 Å². The first kappa shape index (κ1) is 31.9. The van der Waals surface area contributed by atoms with Gasteiger partial charge in [0.2, 0.25) is 16.6 Å². The van der Waals surface area contributed by atoms with Gasteiger partial charge < -0.3 is 8.85 Å². The summed E-state index contributed by atoms with van der Waals surface area (Å²) in [6.07, 6.45) is 0. The minimum absolute atomic E-state index is 0.00311. The maximum Gasteiger partial charge on any atom is 0.268 e. The predicted molar refractivity (Wildman–Crippen MR) is 183 cm³/mol. The van der Waals surface area contributed by atoms with Crippen molar-refractivity contribution in [3.63, 3.8) is 0 Å². The summed E-state index contributed by atoms with van der Waals surface area (Å²) in [5.41, 5.74) is 2.65. The molecule has 0 unspecified atom stereocenters.